The molecular weight excluding hydrogens is 524 g/mol. The summed E-state index contributed by atoms with van der Waals surface area (Å²) in [5.41, 5.74) is -4.26. The summed E-state index contributed by atoms with van der Waals surface area (Å²) >= 11 is 0.477. The third-order valence-electron chi connectivity index (χ3n) is 5.15. The normalized spacial score (nSPS) is 14.6. The van der Waals surface area contributed by atoms with Crippen LogP contribution in [0.3, 0.4) is 0 Å². The average Bonchev–Trinajstić information content (AvgIpc) is 2.82. The zero-order valence-corrected chi connectivity index (χ0v) is 20.3. The number of carbonyl (C=O) groups excluding carboxylic acids is 2. The van der Waals surface area contributed by atoms with Crippen molar-refractivity contribution in [2.45, 2.75) is 29.1 Å². The standard InChI is InChI=1S/C24H23F6N3O3S/c1-2-31-22(35)32-16-4-3-5-17(14-16)37-18-8-6-15(7-9-19(34)33-10-12-36-13-11-33)20(23(25,26)27)21(18)24(28,29)30/h3-9,14H,2,10-13H2,1H3,(H2,31,32,35)/b9-7+. The van der Waals surface area contributed by atoms with Crippen molar-refractivity contribution in [1.82, 2.24) is 10.2 Å². The van der Waals surface area contributed by atoms with Gasteiger partial charge >= 0.3 is 18.4 Å². The van der Waals surface area contributed by atoms with E-state index in [0.29, 0.717) is 18.3 Å². The molecule has 0 aromatic heterocycles. The zero-order valence-electron chi connectivity index (χ0n) is 19.5. The number of carbonyl (C=O) groups is 2. The maximum Gasteiger partial charge on any atom is 0.418 e. The van der Waals surface area contributed by atoms with Crippen LogP contribution in [-0.4, -0.2) is 49.7 Å². The van der Waals surface area contributed by atoms with E-state index in [2.05, 4.69) is 10.6 Å². The van der Waals surface area contributed by atoms with Crippen molar-refractivity contribution in [3.05, 3.63) is 59.2 Å². The van der Waals surface area contributed by atoms with Gasteiger partial charge in [0.1, 0.15) is 0 Å². The van der Waals surface area contributed by atoms with Gasteiger partial charge in [0.2, 0.25) is 5.91 Å². The lowest BCUT2D eigenvalue weighted by Crippen LogP contribution is -2.39. The molecular formula is C24H23F6N3O3S. The van der Waals surface area contributed by atoms with Crippen LogP contribution in [0.15, 0.2) is 52.3 Å². The van der Waals surface area contributed by atoms with Crippen LogP contribution in [0.1, 0.15) is 23.6 Å². The van der Waals surface area contributed by atoms with Crippen molar-refractivity contribution >= 4 is 35.5 Å². The molecule has 0 radical (unpaired) electrons. The number of anilines is 1. The molecule has 1 aliphatic heterocycles. The van der Waals surface area contributed by atoms with Crippen molar-refractivity contribution < 1.29 is 40.7 Å². The molecule has 0 saturated carbocycles. The number of hydrogen-bond donors (Lipinski definition) is 2. The Balaban J connectivity index is 2.00. The predicted octanol–water partition coefficient (Wildman–Crippen LogP) is 5.89. The summed E-state index contributed by atoms with van der Waals surface area (Å²) in [5.74, 6) is -0.625. The highest BCUT2D eigenvalue weighted by Gasteiger charge is 2.46. The summed E-state index contributed by atoms with van der Waals surface area (Å²) < 4.78 is 89.3. The third-order valence-corrected chi connectivity index (χ3v) is 6.20. The molecule has 200 valence electrons. The van der Waals surface area contributed by atoms with E-state index in [4.69, 9.17) is 4.74 Å². The Hall–Kier alpha value is -3.19. The number of halogens is 6. The van der Waals surface area contributed by atoms with E-state index in [-0.39, 0.29) is 36.9 Å². The number of alkyl halides is 6. The Bertz CT molecular complexity index is 1160. The lowest BCUT2D eigenvalue weighted by Gasteiger charge is -2.25. The molecule has 2 N–H and O–H groups in total. The van der Waals surface area contributed by atoms with Gasteiger partial charge in [-0.1, -0.05) is 23.9 Å². The topological polar surface area (TPSA) is 70.7 Å². The molecule has 0 unspecified atom stereocenters. The minimum atomic E-state index is -5.36. The second-order valence-corrected chi connectivity index (χ2v) is 8.90. The maximum absolute atomic E-state index is 14.1. The highest BCUT2D eigenvalue weighted by atomic mass is 32.2. The molecule has 13 heteroatoms. The summed E-state index contributed by atoms with van der Waals surface area (Å²) in [7, 11) is 0. The molecule has 3 rings (SSSR count). The Kier molecular flexibility index (Phi) is 9.13. The van der Waals surface area contributed by atoms with Gasteiger partial charge in [0.25, 0.3) is 0 Å². The molecule has 37 heavy (non-hydrogen) atoms. The largest absolute Gasteiger partial charge is 0.418 e. The molecule has 1 heterocycles. The fraction of sp³-hybridized carbons (Fsp3) is 0.333. The number of nitrogens with one attached hydrogen (secondary N) is 2. The number of morpholine rings is 1. The fourth-order valence-corrected chi connectivity index (χ4v) is 4.60. The van der Waals surface area contributed by atoms with E-state index in [1.165, 1.54) is 29.2 Å². The van der Waals surface area contributed by atoms with Crippen LogP contribution in [0, 0.1) is 0 Å². The van der Waals surface area contributed by atoms with Crippen LogP contribution in [0.2, 0.25) is 0 Å². The number of benzene rings is 2. The fourth-order valence-electron chi connectivity index (χ4n) is 3.56. The number of nitrogens with zero attached hydrogens (tertiary/aromatic N) is 1. The van der Waals surface area contributed by atoms with Gasteiger partial charge in [-0.05, 0) is 42.8 Å². The molecule has 1 fully saturated rings. The lowest BCUT2D eigenvalue weighted by atomic mass is 9.99. The van der Waals surface area contributed by atoms with Gasteiger partial charge in [-0.25, -0.2) is 4.79 Å². The Morgan fingerprint density at radius 3 is 2.32 bits per heavy atom. The number of ether oxygens (including phenoxy) is 1. The maximum atomic E-state index is 14.1. The van der Waals surface area contributed by atoms with Crippen molar-refractivity contribution in [3.8, 4) is 0 Å². The Labute approximate surface area is 213 Å². The Morgan fingerprint density at radius 1 is 1.03 bits per heavy atom. The van der Waals surface area contributed by atoms with Crippen molar-refractivity contribution in [3.63, 3.8) is 0 Å². The summed E-state index contributed by atoms with van der Waals surface area (Å²) in [5, 5.41) is 4.99. The molecule has 2 aromatic carbocycles. The van der Waals surface area contributed by atoms with Crippen molar-refractivity contribution in [1.29, 1.82) is 0 Å². The zero-order chi connectivity index (χ0) is 27.2. The van der Waals surface area contributed by atoms with Gasteiger partial charge in [0.15, 0.2) is 0 Å². The quantitative estimate of drug-likeness (QED) is 0.350. The average molecular weight is 548 g/mol. The highest BCUT2D eigenvalue weighted by molar-refractivity contribution is 7.99. The summed E-state index contributed by atoms with van der Waals surface area (Å²) in [4.78, 5) is 24.9. The minimum absolute atomic E-state index is 0.179. The van der Waals surface area contributed by atoms with Gasteiger partial charge in [-0.15, -0.1) is 0 Å². The first-order valence-electron chi connectivity index (χ1n) is 11.1. The van der Waals surface area contributed by atoms with Gasteiger partial charge in [-0.2, -0.15) is 26.3 Å². The second kappa shape index (κ2) is 11.9. The molecule has 3 amide bonds. The summed E-state index contributed by atoms with van der Waals surface area (Å²) in [6.07, 6.45) is -9.12. The highest BCUT2D eigenvalue weighted by Crippen LogP contribution is 2.48. The van der Waals surface area contributed by atoms with E-state index in [0.717, 1.165) is 24.3 Å². The van der Waals surface area contributed by atoms with E-state index < -0.39 is 45.9 Å². The summed E-state index contributed by atoms with van der Waals surface area (Å²) in [6, 6.07) is 7.01. The molecule has 1 saturated heterocycles. The van der Waals surface area contributed by atoms with Gasteiger partial charge < -0.3 is 20.3 Å². The van der Waals surface area contributed by atoms with Crippen LogP contribution in [0.5, 0.6) is 0 Å². The molecule has 0 atom stereocenters. The van der Waals surface area contributed by atoms with E-state index >= 15 is 0 Å². The van der Waals surface area contributed by atoms with Crippen LogP contribution < -0.4 is 10.6 Å². The second-order valence-electron chi connectivity index (χ2n) is 7.78. The molecule has 0 bridgehead atoms. The number of hydrogen-bond acceptors (Lipinski definition) is 4. The lowest BCUT2D eigenvalue weighted by molar-refractivity contribution is -0.163. The predicted molar refractivity (Wildman–Crippen MR) is 126 cm³/mol. The smallest absolute Gasteiger partial charge is 0.378 e. The first kappa shape index (κ1) is 28.4. The number of urea groups is 1. The molecule has 1 aliphatic rings. The van der Waals surface area contributed by atoms with E-state index in [9.17, 15) is 35.9 Å². The molecule has 2 aromatic rings. The minimum Gasteiger partial charge on any atom is -0.378 e. The van der Waals surface area contributed by atoms with Gasteiger partial charge in [0.05, 0.1) is 24.3 Å². The Morgan fingerprint density at radius 2 is 1.70 bits per heavy atom. The van der Waals surface area contributed by atoms with Crippen LogP contribution >= 0.6 is 11.8 Å². The van der Waals surface area contributed by atoms with Gasteiger partial charge in [0, 0.05) is 41.2 Å². The molecule has 0 aliphatic carbocycles. The monoisotopic (exact) mass is 547 g/mol. The van der Waals surface area contributed by atoms with E-state index in [1.54, 1.807) is 6.92 Å². The van der Waals surface area contributed by atoms with Crippen LogP contribution in [0.4, 0.5) is 36.8 Å². The molecule has 0 spiro atoms. The third kappa shape index (κ3) is 7.65. The first-order valence-corrected chi connectivity index (χ1v) is 11.9. The van der Waals surface area contributed by atoms with Crippen molar-refractivity contribution in [2.75, 3.05) is 38.2 Å². The van der Waals surface area contributed by atoms with Crippen molar-refractivity contribution in [2.24, 2.45) is 0 Å². The number of amides is 3. The SMILES string of the molecule is CCNC(=O)Nc1cccc(Sc2ccc(/C=C/C(=O)N3CCOCC3)c(C(F)(F)F)c2C(F)(F)F)c1. The van der Waals surface area contributed by atoms with Gasteiger partial charge in [-0.3, -0.25) is 4.79 Å². The summed E-state index contributed by atoms with van der Waals surface area (Å²) in [6.45, 7) is 3.02. The number of rotatable bonds is 6. The first-order chi connectivity index (χ1) is 17.4. The molecule has 6 nitrogen and oxygen atoms in total. The van der Waals surface area contributed by atoms with Crippen LogP contribution in [-0.2, 0) is 21.9 Å². The van der Waals surface area contributed by atoms with Crippen LogP contribution in [0.25, 0.3) is 6.08 Å². The van der Waals surface area contributed by atoms with E-state index in [1.807, 2.05) is 0 Å².